The van der Waals surface area contributed by atoms with Crippen LogP contribution < -0.4 is 11.1 Å². The molecule has 0 aliphatic carbocycles. The van der Waals surface area contributed by atoms with Gasteiger partial charge in [0, 0.05) is 35.2 Å². The highest BCUT2D eigenvalue weighted by atomic mass is 19.3. The van der Waals surface area contributed by atoms with Crippen LogP contribution in [0.1, 0.15) is 17.6 Å². The van der Waals surface area contributed by atoms with Gasteiger partial charge in [-0.05, 0) is 18.2 Å². The van der Waals surface area contributed by atoms with Crippen LogP contribution in [0.15, 0.2) is 30.6 Å². The number of aromatic nitrogens is 2. The molecule has 0 radical (unpaired) electrons. The summed E-state index contributed by atoms with van der Waals surface area (Å²) in [6.07, 6.45) is 0.781. The monoisotopic (exact) mass is 238 g/mol. The Bertz CT molecular complexity index is 482. The summed E-state index contributed by atoms with van der Waals surface area (Å²) in [5, 5.41) is 9.36. The molecular weight excluding hydrogens is 226 g/mol. The number of H-pyrrole nitrogens is 1. The van der Waals surface area contributed by atoms with Crippen LogP contribution in [0.2, 0.25) is 0 Å². The molecule has 4 nitrogen and oxygen atoms in total. The number of benzene rings is 1. The Morgan fingerprint density at radius 1 is 1.41 bits per heavy atom. The molecule has 0 atom stereocenters. The number of alkyl halides is 2. The van der Waals surface area contributed by atoms with Crippen LogP contribution >= 0.6 is 0 Å². The molecule has 0 spiro atoms. The van der Waals surface area contributed by atoms with Crippen LogP contribution in [0.3, 0.4) is 0 Å². The van der Waals surface area contributed by atoms with E-state index < -0.39 is 6.43 Å². The molecule has 0 fully saturated rings. The fraction of sp³-hybridized carbons (Fsp3) is 0.182. The van der Waals surface area contributed by atoms with Crippen molar-refractivity contribution in [3.05, 3.63) is 41.7 Å². The van der Waals surface area contributed by atoms with E-state index in [1.54, 1.807) is 24.5 Å². The minimum absolute atomic E-state index is 0.0894. The number of rotatable bonds is 4. The molecule has 17 heavy (non-hydrogen) atoms. The highest BCUT2D eigenvalue weighted by Gasteiger charge is 2.13. The Morgan fingerprint density at radius 3 is 2.88 bits per heavy atom. The zero-order chi connectivity index (χ0) is 12.3. The van der Waals surface area contributed by atoms with E-state index in [-0.39, 0.29) is 5.56 Å². The van der Waals surface area contributed by atoms with Crippen LogP contribution in [-0.2, 0) is 6.54 Å². The molecule has 1 aromatic carbocycles. The van der Waals surface area contributed by atoms with Crippen molar-refractivity contribution in [3.63, 3.8) is 0 Å². The Hall–Kier alpha value is -2.11. The van der Waals surface area contributed by atoms with Gasteiger partial charge < -0.3 is 11.1 Å². The predicted octanol–water partition coefficient (Wildman–Crippen LogP) is 2.54. The van der Waals surface area contributed by atoms with Gasteiger partial charge in [-0.25, -0.2) is 8.78 Å². The van der Waals surface area contributed by atoms with E-state index in [1.165, 1.54) is 6.07 Å². The van der Waals surface area contributed by atoms with Gasteiger partial charge in [0.25, 0.3) is 6.43 Å². The molecule has 0 aliphatic heterocycles. The lowest BCUT2D eigenvalue weighted by Gasteiger charge is -2.11. The smallest absolute Gasteiger partial charge is 0.265 e. The molecule has 2 aromatic rings. The first-order valence-corrected chi connectivity index (χ1v) is 5.06. The maximum absolute atomic E-state index is 12.8. The largest absolute Gasteiger partial charge is 0.399 e. The minimum atomic E-state index is -2.55. The second-order valence-corrected chi connectivity index (χ2v) is 3.61. The zero-order valence-electron chi connectivity index (χ0n) is 8.95. The van der Waals surface area contributed by atoms with Gasteiger partial charge in [0.15, 0.2) is 0 Å². The topological polar surface area (TPSA) is 66.7 Å². The minimum Gasteiger partial charge on any atom is -0.399 e. The van der Waals surface area contributed by atoms with Crippen molar-refractivity contribution in [1.82, 2.24) is 10.2 Å². The van der Waals surface area contributed by atoms with Crippen LogP contribution in [0.25, 0.3) is 0 Å². The number of aromatic amines is 1. The van der Waals surface area contributed by atoms with Crippen molar-refractivity contribution in [2.75, 3.05) is 11.1 Å². The molecule has 0 unspecified atom stereocenters. The zero-order valence-corrected chi connectivity index (χ0v) is 8.95. The van der Waals surface area contributed by atoms with Gasteiger partial charge in [-0.3, -0.25) is 5.10 Å². The summed E-state index contributed by atoms with van der Waals surface area (Å²) in [5.41, 5.74) is 6.99. The Labute approximate surface area is 96.8 Å². The first-order chi connectivity index (χ1) is 8.16. The van der Waals surface area contributed by atoms with Gasteiger partial charge in [0.2, 0.25) is 0 Å². The number of halogens is 2. The molecule has 0 saturated carbocycles. The predicted molar refractivity (Wildman–Crippen MR) is 61.7 cm³/mol. The summed E-state index contributed by atoms with van der Waals surface area (Å²) in [7, 11) is 0. The number of anilines is 2. The molecule has 4 N–H and O–H groups in total. The van der Waals surface area contributed by atoms with Crippen LogP contribution in [0, 0.1) is 0 Å². The van der Waals surface area contributed by atoms with Crippen LogP contribution in [0.4, 0.5) is 20.2 Å². The van der Waals surface area contributed by atoms with E-state index in [0.29, 0.717) is 17.9 Å². The van der Waals surface area contributed by atoms with Crippen molar-refractivity contribution < 1.29 is 8.78 Å². The van der Waals surface area contributed by atoms with Gasteiger partial charge in [-0.15, -0.1) is 0 Å². The van der Waals surface area contributed by atoms with E-state index in [0.717, 1.165) is 5.56 Å². The number of nitrogens with two attached hydrogens (primary N) is 1. The highest BCUT2D eigenvalue weighted by Crippen LogP contribution is 2.29. The van der Waals surface area contributed by atoms with Crippen molar-refractivity contribution in [3.8, 4) is 0 Å². The Morgan fingerprint density at radius 2 is 2.24 bits per heavy atom. The Balaban J connectivity index is 2.14. The SMILES string of the molecule is Nc1ccc(NCc2cn[nH]c2)c(C(F)F)c1. The fourth-order valence-electron chi connectivity index (χ4n) is 1.49. The van der Waals surface area contributed by atoms with E-state index in [2.05, 4.69) is 15.5 Å². The number of nitrogen functional groups attached to an aromatic ring is 1. The van der Waals surface area contributed by atoms with Gasteiger partial charge in [0.1, 0.15) is 0 Å². The second kappa shape index (κ2) is 4.82. The molecule has 0 aliphatic rings. The lowest BCUT2D eigenvalue weighted by atomic mass is 10.1. The summed E-state index contributed by atoms with van der Waals surface area (Å²) in [5.74, 6) is 0. The van der Waals surface area contributed by atoms with Crippen molar-refractivity contribution in [1.29, 1.82) is 0 Å². The van der Waals surface area contributed by atoms with Gasteiger partial charge in [-0.2, -0.15) is 5.10 Å². The normalized spacial score (nSPS) is 10.8. The first-order valence-electron chi connectivity index (χ1n) is 5.06. The standard InChI is InChI=1S/C11H12F2N4/c12-11(13)9-3-8(14)1-2-10(9)15-4-7-5-16-17-6-7/h1-3,5-6,11,15H,4,14H2,(H,16,17). The lowest BCUT2D eigenvalue weighted by molar-refractivity contribution is 0.152. The van der Waals surface area contributed by atoms with Crippen molar-refractivity contribution in [2.24, 2.45) is 0 Å². The quantitative estimate of drug-likeness (QED) is 0.717. The van der Waals surface area contributed by atoms with Gasteiger partial charge in [-0.1, -0.05) is 0 Å². The maximum atomic E-state index is 12.8. The average molecular weight is 238 g/mol. The van der Waals surface area contributed by atoms with Gasteiger partial charge >= 0.3 is 0 Å². The summed E-state index contributed by atoms with van der Waals surface area (Å²) in [6.45, 7) is 0.431. The van der Waals surface area contributed by atoms with E-state index in [4.69, 9.17) is 5.73 Å². The summed E-state index contributed by atoms with van der Waals surface area (Å²) < 4.78 is 25.5. The number of nitrogens with one attached hydrogen (secondary N) is 2. The third kappa shape index (κ3) is 2.72. The molecule has 90 valence electrons. The van der Waals surface area contributed by atoms with Crippen molar-refractivity contribution >= 4 is 11.4 Å². The molecule has 0 bridgehead atoms. The third-order valence-corrected chi connectivity index (χ3v) is 2.35. The lowest BCUT2D eigenvalue weighted by Crippen LogP contribution is -2.03. The summed E-state index contributed by atoms with van der Waals surface area (Å²) in [4.78, 5) is 0. The van der Waals surface area contributed by atoms with Crippen molar-refractivity contribution in [2.45, 2.75) is 13.0 Å². The molecule has 6 heteroatoms. The number of hydrogen-bond donors (Lipinski definition) is 3. The van der Waals surface area contributed by atoms with Crippen LogP contribution in [-0.4, -0.2) is 10.2 Å². The first kappa shape index (κ1) is 11.4. The fourth-order valence-corrected chi connectivity index (χ4v) is 1.49. The highest BCUT2D eigenvalue weighted by molar-refractivity contribution is 5.58. The summed E-state index contributed by atoms with van der Waals surface area (Å²) >= 11 is 0. The average Bonchev–Trinajstić information content (AvgIpc) is 2.80. The van der Waals surface area contributed by atoms with Crippen LogP contribution in [0.5, 0.6) is 0 Å². The summed E-state index contributed by atoms with van der Waals surface area (Å²) in [6, 6.07) is 4.42. The van der Waals surface area contributed by atoms with E-state index in [9.17, 15) is 8.78 Å². The molecule has 1 heterocycles. The number of hydrogen-bond acceptors (Lipinski definition) is 3. The van der Waals surface area contributed by atoms with E-state index in [1.807, 2.05) is 0 Å². The molecule has 2 rings (SSSR count). The molecular formula is C11H12F2N4. The number of nitrogens with zero attached hydrogens (tertiary/aromatic N) is 1. The Kier molecular flexibility index (Phi) is 3.22. The van der Waals surface area contributed by atoms with E-state index >= 15 is 0 Å². The molecule has 0 saturated heterocycles. The van der Waals surface area contributed by atoms with Gasteiger partial charge in [0.05, 0.1) is 6.20 Å². The maximum Gasteiger partial charge on any atom is 0.265 e. The molecule has 0 amide bonds. The third-order valence-electron chi connectivity index (χ3n) is 2.35. The second-order valence-electron chi connectivity index (χ2n) is 3.61. The molecule has 1 aromatic heterocycles.